The predicted octanol–water partition coefficient (Wildman–Crippen LogP) is 1.14. The van der Waals surface area contributed by atoms with Gasteiger partial charge in [0, 0.05) is 18.9 Å². The lowest BCUT2D eigenvalue weighted by molar-refractivity contribution is -0.126. The number of hydrogen-bond acceptors (Lipinski definition) is 2. The highest BCUT2D eigenvalue weighted by Gasteiger charge is 2.36. The normalized spacial score (nSPS) is 39.8. The van der Waals surface area contributed by atoms with Gasteiger partial charge in [-0.25, -0.2) is 0 Å². The molecule has 0 bridgehead atoms. The van der Waals surface area contributed by atoms with Crippen LogP contribution in [0.5, 0.6) is 0 Å². The average molecular weight is 140 g/mol. The Morgan fingerprint density at radius 2 is 2.30 bits per heavy atom. The second-order valence-electron chi connectivity index (χ2n) is 3.16. The second-order valence-corrected chi connectivity index (χ2v) is 3.16. The number of ether oxygens (including phenoxy) is 1. The Kier molecular flexibility index (Phi) is 1.49. The van der Waals surface area contributed by atoms with Gasteiger partial charge in [-0.1, -0.05) is 0 Å². The van der Waals surface area contributed by atoms with E-state index >= 15 is 0 Å². The summed E-state index contributed by atoms with van der Waals surface area (Å²) in [5, 5.41) is 0. The van der Waals surface area contributed by atoms with Crippen LogP contribution < -0.4 is 0 Å². The van der Waals surface area contributed by atoms with Crippen LogP contribution in [0.3, 0.4) is 0 Å². The minimum atomic E-state index is 0.272. The van der Waals surface area contributed by atoms with Gasteiger partial charge in [0.15, 0.2) is 0 Å². The molecule has 1 heterocycles. The molecule has 2 heteroatoms. The maximum Gasteiger partial charge on any atom is 0.138 e. The van der Waals surface area contributed by atoms with E-state index in [0.717, 1.165) is 32.3 Å². The monoisotopic (exact) mass is 140 g/mol. The van der Waals surface area contributed by atoms with Gasteiger partial charge in [0.05, 0.1) is 6.10 Å². The third-order valence-electron chi connectivity index (χ3n) is 2.53. The van der Waals surface area contributed by atoms with E-state index in [0.29, 0.717) is 11.9 Å². The summed E-state index contributed by atoms with van der Waals surface area (Å²) >= 11 is 0. The van der Waals surface area contributed by atoms with Crippen molar-refractivity contribution in [3.63, 3.8) is 0 Å². The number of fused-ring (bicyclic) bond motifs is 1. The Bertz CT molecular complexity index is 153. The van der Waals surface area contributed by atoms with E-state index in [2.05, 4.69) is 0 Å². The molecule has 1 saturated heterocycles. The highest BCUT2D eigenvalue weighted by Crippen LogP contribution is 2.31. The Labute approximate surface area is 60.6 Å². The molecule has 0 spiro atoms. The number of carbonyl (C=O) groups excluding carboxylic acids is 1. The summed E-state index contributed by atoms with van der Waals surface area (Å²) in [7, 11) is 0. The lowest BCUT2D eigenvalue weighted by Crippen LogP contribution is -2.28. The van der Waals surface area contributed by atoms with Gasteiger partial charge < -0.3 is 4.74 Å². The zero-order chi connectivity index (χ0) is 6.97. The minimum absolute atomic E-state index is 0.272. The van der Waals surface area contributed by atoms with Gasteiger partial charge >= 0.3 is 0 Å². The molecule has 2 rings (SSSR count). The largest absolute Gasteiger partial charge is 0.377 e. The number of Topliss-reactive ketones (excluding diaryl/α,β-unsaturated/α-hetero) is 1. The molecule has 10 heavy (non-hydrogen) atoms. The molecule has 2 atom stereocenters. The topological polar surface area (TPSA) is 26.3 Å². The van der Waals surface area contributed by atoms with Crippen LogP contribution in [0.1, 0.15) is 25.7 Å². The molecule has 0 aromatic heterocycles. The van der Waals surface area contributed by atoms with Crippen LogP contribution in [-0.2, 0) is 9.53 Å². The molecule has 2 fully saturated rings. The molecule has 0 aromatic rings. The fraction of sp³-hybridized carbons (Fsp3) is 0.875. The first-order valence-corrected chi connectivity index (χ1v) is 4.02. The molecule has 56 valence electrons. The van der Waals surface area contributed by atoms with Crippen molar-refractivity contribution in [3.05, 3.63) is 0 Å². The molecule has 0 amide bonds. The number of carbonyl (C=O) groups is 1. The average Bonchev–Trinajstić information content (AvgIpc) is 2.36. The minimum Gasteiger partial charge on any atom is -0.377 e. The summed E-state index contributed by atoms with van der Waals surface area (Å²) in [5.41, 5.74) is 0. The van der Waals surface area contributed by atoms with E-state index in [4.69, 9.17) is 4.74 Å². The molecule has 1 aliphatic carbocycles. The van der Waals surface area contributed by atoms with Crippen LogP contribution >= 0.6 is 0 Å². The maximum atomic E-state index is 11.2. The van der Waals surface area contributed by atoms with Crippen molar-refractivity contribution in [2.24, 2.45) is 5.92 Å². The van der Waals surface area contributed by atoms with E-state index in [9.17, 15) is 4.79 Å². The Hall–Kier alpha value is -0.370. The fourth-order valence-corrected chi connectivity index (χ4v) is 1.96. The van der Waals surface area contributed by atoms with Crippen LogP contribution in [0, 0.1) is 5.92 Å². The van der Waals surface area contributed by atoms with E-state index in [1.807, 2.05) is 0 Å². The van der Waals surface area contributed by atoms with Crippen molar-refractivity contribution in [1.29, 1.82) is 0 Å². The van der Waals surface area contributed by atoms with Crippen molar-refractivity contribution in [2.45, 2.75) is 31.8 Å². The van der Waals surface area contributed by atoms with Crippen molar-refractivity contribution >= 4 is 5.78 Å². The summed E-state index contributed by atoms with van der Waals surface area (Å²) in [6.07, 6.45) is 4.21. The summed E-state index contributed by atoms with van der Waals surface area (Å²) in [6, 6.07) is 0. The van der Waals surface area contributed by atoms with Crippen molar-refractivity contribution in [1.82, 2.24) is 0 Å². The zero-order valence-corrected chi connectivity index (χ0v) is 6.01. The van der Waals surface area contributed by atoms with E-state index in [1.54, 1.807) is 0 Å². The van der Waals surface area contributed by atoms with E-state index < -0.39 is 0 Å². The molecule has 0 radical (unpaired) electrons. The maximum absolute atomic E-state index is 11.2. The lowest BCUT2D eigenvalue weighted by atomic mass is 9.85. The molecule has 1 aliphatic heterocycles. The van der Waals surface area contributed by atoms with Crippen LogP contribution in [0.25, 0.3) is 0 Å². The van der Waals surface area contributed by atoms with Gasteiger partial charge in [-0.15, -0.1) is 0 Å². The van der Waals surface area contributed by atoms with Crippen molar-refractivity contribution in [3.8, 4) is 0 Å². The van der Waals surface area contributed by atoms with Gasteiger partial charge in [0.1, 0.15) is 5.78 Å². The molecular formula is C8H12O2. The first-order chi connectivity index (χ1) is 4.88. The van der Waals surface area contributed by atoms with Gasteiger partial charge in [-0.05, 0) is 19.3 Å². The summed E-state index contributed by atoms with van der Waals surface area (Å²) < 4.78 is 5.41. The lowest BCUT2D eigenvalue weighted by Gasteiger charge is -2.21. The van der Waals surface area contributed by atoms with Crippen LogP contribution in [0.2, 0.25) is 0 Å². The number of hydrogen-bond donors (Lipinski definition) is 0. The first-order valence-electron chi connectivity index (χ1n) is 4.02. The van der Waals surface area contributed by atoms with Gasteiger partial charge in [0.25, 0.3) is 0 Å². The molecule has 2 aliphatic rings. The van der Waals surface area contributed by atoms with E-state index in [1.165, 1.54) is 0 Å². The third-order valence-corrected chi connectivity index (χ3v) is 2.53. The Morgan fingerprint density at radius 1 is 1.40 bits per heavy atom. The van der Waals surface area contributed by atoms with Crippen molar-refractivity contribution < 1.29 is 9.53 Å². The zero-order valence-electron chi connectivity index (χ0n) is 6.01. The van der Waals surface area contributed by atoms with E-state index in [-0.39, 0.29) is 5.92 Å². The van der Waals surface area contributed by atoms with Gasteiger partial charge in [-0.2, -0.15) is 0 Å². The summed E-state index contributed by atoms with van der Waals surface area (Å²) in [6.45, 7) is 0.807. The van der Waals surface area contributed by atoms with Crippen molar-refractivity contribution in [2.75, 3.05) is 6.61 Å². The highest BCUT2D eigenvalue weighted by molar-refractivity contribution is 5.82. The Balaban J connectivity index is 2.10. The summed E-state index contributed by atoms with van der Waals surface area (Å²) in [4.78, 5) is 11.2. The summed E-state index contributed by atoms with van der Waals surface area (Å²) in [5.74, 6) is 0.711. The quantitative estimate of drug-likeness (QED) is 0.504. The molecule has 0 aromatic carbocycles. The van der Waals surface area contributed by atoms with Crippen LogP contribution in [-0.4, -0.2) is 18.5 Å². The fourth-order valence-electron chi connectivity index (χ4n) is 1.96. The second kappa shape index (κ2) is 2.35. The number of rotatable bonds is 0. The highest BCUT2D eigenvalue weighted by atomic mass is 16.5. The Morgan fingerprint density at radius 3 is 3.10 bits per heavy atom. The molecule has 2 nitrogen and oxygen atoms in total. The standard InChI is InChI=1S/C8H12O2/c9-7-2-1-3-8-6(7)4-5-10-8/h6,8H,1-5H2. The smallest absolute Gasteiger partial charge is 0.138 e. The molecule has 1 saturated carbocycles. The molecule has 2 unspecified atom stereocenters. The van der Waals surface area contributed by atoms with Crippen LogP contribution in [0.4, 0.5) is 0 Å². The number of ketones is 1. The SMILES string of the molecule is O=C1CCCC2OCCC12. The predicted molar refractivity (Wildman–Crippen MR) is 36.7 cm³/mol. The molecular weight excluding hydrogens is 128 g/mol. The first kappa shape index (κ1) is 6.35. The van der Waals surface area contributed by atoms with Gasteiger partial charge in [-0.3, -0.25) is 4.79 Å². The molecule has 0 N–H and O–H groups in total. The third kappa shape index (κ3) is 0.870. The van der Waals surface area contributed by atoms with Gasteiger partial charge in [0.2, 0.25) is 0 Å². The van der Waals surface area contributed by atoms with Crippen LogP contribution in [0.15, 0.2) is 0 Å².